The maximum atomic E-state index is 5.94. The molecule has 6 heteroatoms. The van der Waals surface area contributed by atoms with Crippen LogP contribution in [-0.2, 0) is 20.6 Å². The van der Waals surface area contributed by atoms with Crippen molar-refractivity contribution in [1.82, 2.24) is 9.78 Å². The molecule has 1 aromatic carbocycles. The number of ether oxygens (including phenoxy) is 3. The van der Waals surface area contributed by atoms with Gasteiger partial charge in [0.2, 0.25) is 0 Å². The van der Waals surface area contributed by atoms with Crippen molar-refractivity contribution in [1.29, 1.82) is 0 Å². The Morgan fingerprint density at radius 3 is 2.72 bits per heavy atom. The van der Waals surface area contributed by atoms with E-state index in [2.05, 4.69) is 40.9 Å². The van der Waals surface area contributed by atoms with E-state index in [1.165, 1.54) is 27.4 Å². The van der Waals surface area contributed by atoms with Crippen molar-refractivity contribution in [3.63, 3.8) is 0 Å². The number of rotatable bonds is 5. The molecule has 136 valence electrons. The van der Waals surface area contributed by atoms with E-state index in [1.54, 1.807) is 0 Å². The Balaban J connectivity index is 1.48. The molecule has 2 fully saturated rings. The third-order valence-electron chi connectivity index (χ3n) is 5.01. The summed E-state index contributed by atoms with van der Waals surface area (Å²) >= 11 is 2.41. The number of hydrogen-bond donors (Lipinski definition) is 0. The van der Waals surface area contributed by atoms with Crippen LogP contribution < -0.4 is 0 Å². The van der Waals surface area contributed by atoms with Crippen molar-refractivity contribution in [3.8, 4) is 0 Å². The fourth-order valence-electron chi connectivity index (χ4n) is 3.61. The van der Waals surface area contributed by atoms with Crippen LogP contribution in [0, 0.1) is 3.57 Å². The second-order valence-electron chi connectivity index (χ2n) is 6.81. The molecule has 2 saturated heterocycles. The van der Waals surface area contributed by atoms with Gasteiger partial charge >= 0.3 is 0 Å². The molecule has 0 radical (unpaired) electrons. The van der Waals surface area contributed by atoms with E-state index < -0.39 is 0 Å². The molecule has 2 aliphatic heterocycles. The minimum Gasteiger partial charge on any atom is -0.357 e. The van der Waals surface area contributed by atoms with Gasteiger partial charge < -0.3 is 14.2 Å². The first-order chi connectivity index (χ1) is 12.3. The summed E-state index contributed by atoms with van der Waals surface area (Å²) in [5.41, 5.74) is 2.36. The van der Waals surface area contributed by atoms with Crippen molar-refractivity contribution >= 4 is 33.5 Å². The average Bonchev–Trinajstić information content (AvgIpc) is 3.10. The van der Waals surface area contributed by atoms with Crippen LogP contribution in [0.1, 0.15) is 50.3 Å². The number of benzene rings is 1. The van der Waals surface area contributed by atoms with Gasteiger partial charge in [-0.3, -0.25) is 0 Å². The Morgan fingerprint density at radius 1 is 1.12 bits per heavy atom. The van der Waals surface area contributed by atoms with Crippen LogP contribution in [0.2, 0.25) is 0 Å². The molecule has 0 spiro atoms. The van der Waals surface area contributed by atoms with Crippen molar-refractivity contribution in [2.24, 2.45) is 0 Å². The van der Waals surface area contributed by atoms with E-state index in [1.807, 2.05) is 4.68 Å². The van der Waals surface area contributed by atoms with E-state index in [4.69, 9.17) is 19.3 Å². The van der Waals surface area contributed by atoms with Crippen LogP contribution in [0.3, 0.4) is 0 Å². The van der Waals surface area contributed by atoms with Crippen LogP contribution in [-0.4, -0.2) is 35.9 Å². The predicted octanol–water partition coefficient (Wildman–Crippen LogP) is 4.43. The molecule has 0 aliphatic carbocycles. The zero-order valence-electron chi connectivity index (χ0n) is 14.5. The highest BCUT2D eigenvalue weighted by molar-refractivity contribution is 14.1. The molecule has 2 aliphatic rings. The molecule has 25 heavy (non-hydrogen) atoms. The topological polar surface area (TPSA) is 45.5 Å². The van der Waals surface area contributed by atoms with Gasteiger partial charge in [-0.15, -0.1) is 0 Å². The van der Waals surface area contributed by atoms with E-state index in [0.29, 0.717) is 6.61 Å². The van der Waals surface area contributed by atoms with E-state index in [0.717, 1.165) is 50.8 Å². The molecule has 0 N–H and O–H groups in total. The van der Waals surface area contributed by atoms with Gasteiger partial charge in [-0.25, -0.2) is 4.68 Å². The van der Waals surface area contributed by atoms with Gasteiger partial charge in [-0.05, 0) is 85.2 Å². The molecule has 5 nitrogen and oxygen atoms in total. The lowest BCUT2D eigenvalue weighted by atomic mass is 10.1. The summed E-state index contributed by atoms with van der Waals surface area (Å²) in [5, 5.41) is 5.98. The molecule has 4 rings (SSSR count). The zero-order chi connectivity index (χ0) is 17.1. The van der Waals surface area contributed by atoms with E-state index >= 15 is 0 Å². The van der Waals surface area contributed by atoms with Gasteiger partial charge in [0.1, 0.15) is 6.23 Å². The quantitative estimate of drug-likeness (QED) is 0.625. The molecular weight excluding hydrogens is 431 g/mol. The molecule has 0 saturated carbocycles. The van der Waals surface area contributed by atoms with Crippen molar-refractivity contribution in [3.05, 3.63) is 27.5 Å². The largest absolute Gasteiger partial charge is 0.357 e. The SMILES string of the molecule is Ic1ccc2nn(C3CCCCO3)cc2c1CCOC1CCCCO1. The Hall–Kier alpha value is -0.700. The number of halogens is 1. The summed E-state index contributed by atoms with van der Waals surface area (Å²) < 4.78 is 20.8. The Kier molecular flexibility index (Phi) is 5.90. The molecule has 0 bridgehead atoms. The zero-order valence-corrected chi connectivity index (χ0v) is 16.6. The highest BCUT2D eigenvalue weighted by Crippen LogP contribution is 2.28. The third kappa shape index (κ3) is 4.18. The lowest BCUT2D eigenvalue weighted by Crippen LogP contribution is -2.23. The highest BCUT2D eigenvalue weighted by Gasteiger charge is 2.19. The summed E-state index contributed by atoms with van der Waals surface area (Å²) in [4.78, 5) is 0. The highest BCUT2D eigenvalue weighted by atomic mass is 127. The molecular formula is C19H25IN2O3. The summed E-state index contributed by atoms with van der Waals surface area (Å²) in [5.74, 6) is 0. The lowest BCUT2D eigenvalue weighted by Gasteiger charge is -2.23. The molecule has 3 heterocycles. The van der Waals surface area contributed by atoms with Gasteiger partial charge in [0.25, 0.3) is 0 Å². The van der Waals surface area contributed by atoms with Crippen molar-refractivity contribution < 1.29 is 14.2 Å². The first-order valence-corrected chi connectivity index (χ1v) is 10.4. The summed E-state index contributed by atoms with van der Waals surface area (Å²) in [6.07, 6.45) is 9.86. The lowest BCUT2D eigenvalue weighted by molar-refractivity contribution is -0.161. The van der Waals surface area contributed by atoms with Gasteiger partial charge in [0.15, 0.2) is 6.29 Å². The van der Waals surface area contributed by atoms with Crippen LogP contribution in [0.4, 0.5) is 0 Å². The molecule has 2 atom stereocenters. The van der Waals surface area contributed by atoms with E-state index in [-0.39, 0.29) is 12.5 Å². The summed E-state index contributed by atoms with van der Waals surface area (Å²) in [6, 6.07) is 4.25. The standard InChI is InChI=1S/C19H25IN2O3/c20-16-7-8-17-15(13-22(21-17)18-5-1-3-10-23-18)14(16)9-12-25-19-6-2-4-11-24-19/h7-8,13,18-19H,1-6,9-12H2. The predicted molar refractivity (Wildman–Crippen MR) is 105 cm³/mol. The second-order valence-corrected chi connectivity index (χ2v) is 7.97. The molecule has 0 amide bonds. The first-order valence-electron chi connectivity index (χ1n) is 9.32. The third-order valence-corrected chi connectivity index (χ3v) is 6.02. The van der Waals surface area contributed by atoms with Gasteiger partial charge in [-0.2, -0.15) is 5.10 Å². The fraction of sp³-hybridized carbons (Fsp3) is 0.632. The minimum atomic E-state index is -0.0241. The van der Waals surface area contributed by atoms with Crippen LogP contribution >= 0.6 is 22.6 Å². The summed E-state index contributed by atoms with van der Waals surface area (Å²) in [7, 11) is 0. The molecule has 1 aromatic heterocycles. The smallest absolute Gasteiger partial charge is 0.157 e. The van der Waals surface area contributed by atoms with Crippen LogP contribution in [0.25, 0.3) is 10.9 Å². The minimum absolute atomic E-state index is 0.0241. The van der Waals surface area contributed by atoms with Crippen molar-refractivity contribution in [2.45, 2.75) is 57.5 Å². The number of fused-ring (bicyclic) bond motifs is 1. The Labute approximate surface area is 162 Å². The Bertz CT molecular complexity index is 706. The maximum absolute atomic E-state index is 5.94. The van der Waals surface area contributed by atoms with Gasteiger partial charge in [-0.1, -0.05) is 0 Å². The average molecular weight is 456 g/mol. The fourth-order valence-corrected chi connectivity index (χ4v) is 4.35. The normalized spacial score (nSPS) is 24.7. The molecule has 2 aromatic rings. The summed E-state index contributed by atoms with van der Waals surface area (Å²) in [6.45, 7) is 2.34. The van der Waals surface area contributed by atoms with E-state index in [9.17, 15) is 0 Å². The monoisotopic (exact) mass is 456 g/mol. The maximum Gasteiger partial charge on any atom is 0.157 e. The molecule has 2 unspecified atom stereocenters. The van der Waals surface area contributed by atoms with Crippen LogP contribution in [0.5, 0.6) is 0 Å². The van der Waals surface area contributed by atoms with Crippen LogP contribution in [0.15, 0.2) is 18.3 Å². The van der Waals surface area contributed by atoms with Gasteiger partial charge in [0, 0.05) is 28.4 Å². The number of nitrogens with zero attached hydrogens (tertiary/aromatic N) is 2. The number of aromatic nitrogens is 2. The van der Waals surface area contributed by atoms with Crippen molar-refractivity contribution in [2.75, 3.05) is 19.8 Å². The second kappa shape index (κ2) is 8.33. The first kappa shape index (κ1) is 17.7. The number of hydrogen-bond acceptors (Lipinski definition) is 4. The van der Waals surface area contributed by atoms with Gasteiger partial charge in [0.05, 0.1) is 12.1 Å². The Morgan fingerprint density at radius 2 is 1.96 bits per heavy atom.